The Morgan fingerprint density at radius 2 is 1.32 bits per heavy atom. The van der Waals surface area contributed by atoms with Crippen molar-refractivity contribution in [2.45, 2.75) is 39.2 Å². The lowest BCUT2D eigenvalue weighted by atomic mass is 10.0. The van der Waals surface area contributed by atoms with E-state index in [4.69, 9.17) is 4.74 Å². The van der Waals surface area contributed by atoms with E-state index in [-0.39, 0.29) is 0 Å². The molecule has 1 heteroatoms. The van der Waals surface area contributed by atoms with Crippen LogP contribution in [0, 0.1) is 0 Å². The fourth-order valence-corrected chi connectivity index (χ4v) is 3.09. The van der Waals surface area contributed by atoms with Gasteiger partial charge in [0.15, 0.2) is 0 Å². The zero-order chi connectivity index (χ0) is 17.3. The minimum Gasteiger partial charge on any atom is -0.489 e. The lowest BCUT2D eigenvalue weighted by Gasteiger charge is -2.12. The lowest BCUT2D eigenvalue weighted by molar-refractivity contribution is 0.302. The summed E-state index contributed by atoms with van der Waals surface area (Å²) in [7, 11) is 0. The van der Waals surface area contributed by atoms with E-state index in [0.29, 0.717) is 6.61 Å². The summed E-state index contributed by atoms with van der Waals surface area (Å²) in [4.78, 5) is 0. The molecule has 3 aromatic carbocycles. The molecule has 0 unspecified atom stereocenters. The third-order valence-corrected chi connectivity index (χ3v) is 4.42. The van der Waals surface area contributed by atoms with Crippen molar-refractivity contribution in [3.63, 3.8) is 0 Å². The first-order valence-corrected chi connectivity index (χ1v) is 9.17. The largest absolute Gasteiger partial charge is 0.489 e. The van der Waals surface area contributed by atoms with Crippen LogP contribution in [0.4, 0.5) is 0 Å². The van der Waals surface area contributed by atoms with E-state index >= 15 is 0 Å². The van der Waals surface area contributed by atoms with E-state index in [9.17, 15) is 0 Å². The molecule has 0 N–H and O–H groups in total. The van der Waals surface area contributed by atoms with E-state index in [1.807, 2.05) is 6.07 Å². The highest BCUT2D eigenvalue weighted by Gasteiger charge is 2.03. The average molecular weight is 330 g/mol. The van der Waals surface area contributed by atoms with Crippen LogP contribution in [0.1, 0.15) is 35.6 Å². The van der Waals surface area contributed by atoms with Crippen LogP contribution in [-0.4, -0.2) is 0 Å². The highest BCUT2D eigenvalue weighted by molar-refractivity contribution is 5.34. The molecule has 1 nitrogen and oxygen atoms in total. The number of hydrogen-bond acceptors (Lipinski definition) is 1. The summed E-state index contributed by atoms with van der Waals surface area (Å²) < 4.78 is 6.09. The predicted octanol–water partition coefficient (Wildman–Crippen LogP) is 6.00. The molecule has 128 valence electrons. The van der Waals surface area contributed by atoms with Crippen molar-refractivity contribution in [2.24, 2.45) is 0 Å². The molecule has 0 radical (unpaired) electrons. The monoisotopic (exact) mass is 330 g/mol. The molecule has 0 aromatic heterocycles. The molecule has 0 heterocycles. The Morgan fingerprint density at radius 3 is 2.16 bits per heavy atom. The third kappa shape index (κ3) is 5.22. The summed E-state index contributed by atoms with van der Waals surface area (Å²) in [6.07, 6.45) is 4.33. The number of para-hydroxylation sites is 1. The van der Waals surface area contributed by atoms with Gasteiger partial charge >= 0.3 is 0 Å². The van der Waals surface area contributed by atoms with Gasteiger partial charge < -0.3 is 4.74 Å². The molecule has 0 saturated carbocycles. The van der Waals surface area contributed by atoms with Crippen LogP contribution in [-0.2, 0) is 25.9 Å². The van der Waals surface area contributed by atoms with Crippen molar-refractivity contribution in [1.82, 2.24) is 0 Å². The lowest BCUT2D eigenvalue weighted by Crippen LogP contribution is -2.00. The molecule has 0 aliphatic carbocycles. The van der Waals surface area contributed by atoms with Gasteiger partial charge in [0.1, 0.15) is 12.4 Å². The zero-order valence-electron chi connectivity index (χ0n) is 14.9. The van der Waals surface area contributed by atoms with E-state index < -0.39 is 0 Å². The second-order valence-corrected chi connectivity index (χ2v) is 6.45. The van der Waals surface area contributed by atoms with Gasteiger partial charge in [0.25, 0.3) is 0 Å². The standard InChI is InChI=1S/C24H26O/c1-2-9-23-14-6-7-15-24(23)25-19-22-13-8-12-21(18-22)17-16-20-10-4-3-5-11-20/h3-8,10-15,18H,2,9,16-17,19H2,1H3. The summed E-state index contributed by atoms with van der Waals surface area (Å²) in [5, 5.41) is 0. The summed E-state index contributed by atoms with van der Waals surface area (Å²) in [6, 6.07) is 27.8. The molecule has 0 fully saturated rings. The Hall–Kier alpha value is -2.54. The molecule has 0 amide bonds. The highest BCUT2D eigenvalue weighted by atomic mass is 16.5. The number of hydrogen-bond donors (Lipinski definition) is 0. The van der Waals surface area contributed by atoms with Gasteiger partial charge in [-0.25, -0.2) is 0 Å². The molecule has 0 aliphatic rings. The Morgan fingerprint density at radius 1 is 0.640 bits per heavy atom. The molecule has 0 bridgehead atoms. The van der Waals surface area contributed by atoms with E-state index in [1.165, 1.54) is 22.3 Å². The van der Waals surface area contributed by atoms with E-state index in [1.54, 1.807) is 0 Å². The molecule has 3 rings (SSSR count). The normalized spacial score (nSPS) is 10.6. The van der Waals surface area contributed by atoms with Gasteiger partial charge in [-0.15, -0.1) is 0 Å². The minimum absolute atomic E-state index is 0.625. The maximum Gasteiger partial charge on any atom is 0.122 e. The quantitative estimate of drug-likeness (QED) is 0.492. The number of aryl methyl sites for hydroxylation is 3. The molecular weight excluding hydrogens is 304 g/mol. The van der Waals surface area contributed by atoms with Crippen molar-refractivity contribution < 1.29 is 4.74 Å². The summed E-state index contributed by atoms with van der Waals surface area (Å²) >= 11 is 0. The molecular formula is C24H26O. The van der Waals surface area contributed by atoms with Gasteiger partial charge in [0.2, 0.25) is 0 Å². The molecule has 0 saturated heterocycles. The second-order valence-electron chi connectivity index (χ2n) is 6.45. The molecule has 0 aliphatic heterocycles. The van der Waals surface area contributed by atoms with Gasteiger partial charge in [-0.3, -0.25) is 0 Å². The summed E-state index contributed by atoms with van der Waals surface area (Å²) in [5.74, 6) is 1.01. The topological polar surface area (TPSA) is 9.23 Å². The summed E-state index contributed by atoms with van der Waals surface area (Å²) in [6.45, 7) is 2.83. The molecule has 3 aromatic rings. The van der Waals surface area contributed by atoms with Crippen molar-refractivity contribution in [3.8, 4) is 5.75 Å². The highest BCUT2D eigenvalue weighted by Crippen LogP contribution is 2.21. The molecule has 0 spiro atoms. The van der Waals surface area contributed by atoms with Gasteiger partial charge in [-0.2, -0.15) is 0 Å². The van der Waals surface area contributed by atoms with E-state index in [2.05, 4.69) is 79.7 Å². The zero-order valence-corrected chi connectivity index (χ0v) is 14.9. The van der Waals surface area contributed by atoms with Crippen LogP contribution in [0.3, 0.4) is 0 Å². The SMILES string of the molecule is CCCc1ccccc1OCc1cccc(CCc2ccccc2)c1. The van der Waals surface area contributed by atoms with E-state index in [0.717, 1.165) is 31.4 Å². The summed E-state index contributed by atoms with van der Waals surface area (Å²) in [5.41, 5.74) is 5.28. The Kier molecular flexibility index (Phi) is 6.28. The number of rotatable bonds is 8. The van der Waals surface area contributed by atoms with Crippen molar-refractivity contribution in [3.05, 3.63) is 101 Å². The fourth-order valence-electron chi connectivity index (χ4n) is 3.09. The van der Waals surface area contributed by atoms with Crippen LogP contribution >= 0.6 is 0 Å². The first kappa shape index (κ1) is 17.3. The van der Waals surface area contributed by atoms with Crippen LogP contribution in [0.25, 0.3) is 0 Å². The predicted molar refractivity (Wildman–Crippen MR) is 105 cm³/mol. The van der Waals surface area contributed by atoms with Crippen LogP contribution in [0.15, 0.2) is 78.9 Å². The van der Waals surface area contributed by atoms with Gasteiger partial charge in [0.05, 0.1) is 0 Å². The Labute approximate surface area is 151 Å². The van der Waals surface area contributed by atoms with Crippen LogP contribution in [0.5, 0.6) is 5.75 Å². The second kappa shape index (κ2) is 9.08. The molecule has 25 heavy (non-hydrogen) atoms. The third-order valence-electron chi connectivity index (χ3n) is 4.42. The van der Waals surface area contributed by atoms with Gasteiger partial charge in [0, 0.05) is 0 Å². The van der Waals surface area contributed by atoms with Crippen LogP contribution in [0.2, 0.25) is 0 Å². The smallest absolute Gasteiger partial charge is 0.122 e. The average Bonchev–Trinajstić information content (AvgIpc) is 2.67. The van der Waals surface area contributed by atoms with Crippen molar-refractivity contribution >= 4 is 0 Å². The van der Waals surface area contributed by atoms with Crippen LogP contribution < -0.4 is 4.74 Å². The first-order chi connectivity index (χ1) is 12.3. The van der Waals surface area contributed by atoms with Crippen molar-refractivity contribution in [1.29, 1.82) is 0 Å². The Balaban J connectivity index is 1.60. The fraction of sp³-hybridized carbons (Fsp3) is 0.250. The minimum atomic E-state index is 0.625. The number of benzene rings is 3. The maximum atomic E-state index is 6.09. The van der Waals surface area contributed by atoms with Crippen molar-refractivity contribution in [2.75, 3.05) is 0 Å². The maximum absolute atomic E-state index is 6.09. The number of ether oxygens (including phenoxy) is 1. The van der Waals surface area contributed by atoms with Gasteiger partial charge in [-0.05, 0) is 47.6 Å². The first-order valence-electron chi connectivity index (χ1n) is 9.17. The van der Waals surface area contributed by atoms with Gasteiger partial charge in [-0.1, -0.05) is 86.1 Å². The molecule has 0 atom stereocenters. The Bertz CT molecular complexity index is 777.